The fourth-order valence-electron chi connectivity index (χ4n) is 2.83. The van der Waals surface area contributed by atoms with Crippen LogP contribution in [-0.2, 0) is 0 Å². The van der Waals surface area contributed by atoms with E-state index < -0.39 is 0 Å². The van der Waals surface area contributed by atoms with Gasteiger partial charge in [0.1, 0.15) is 0 Å². The van der Waals surface area contributed by atoms with Gasteiger partial charge in [0, 0.05) is 26.2 Å². The number of aromatic nitrogens is 3. The first kappa shape index (κ1) is 12.6. The Bertz CT molecular complexity index is 448. The van der Waals surface area contributed by atoms with Crippen LogP contribution in [0.2, 0.25) is 0 Å². The molecule has 6 heteroatoms. The minimum Gasteiger partial charge on any atom is -0.337 e. The van der Waals surface area contributed by atoms with E-state index in [1.54, 1.807) is 10.9 Å². The molecule has 1 N–H and O–H groups in total. The molecule has 2 heterocycles. The van der Waals surface area contributed by atoms with Crippen molar-refractivity contribution < 1.29 is 4.79 Å². The van der Waals surface area contributed by atoms with Crippen LogP contribution in [0.4, 0.5) is 0 Å². The van der Waals surface area contributed by atoms with Crippen molar-refractivity contribution in [3.05, 3.63) is 11.9 Å². The first-order chi connectivity index (χ1) is 9.25. The highest BCUT2D eigenvalue weighted by molar-refractivity contribution is 5.91. The van der Waals surface area contributed by atoms with E-state index in [0.29, 0.717) is 17.8 Å². The Morgan fingerprint density at radius 1 is 1.37 bits per heavy atom. The van der Waals surface area contributed by atoms with Crippen molar-refractivity contribution in [3.8, 4) is 0 Å². The predicted molar refractivity (Wildman–Crippen MR) is 70.9 cm³/mol. The number of rotatable bonds is 3. The van der Waals surface area contributed by atoms with E-state index in [4.69, 9.17) is 0 Å². The molecule has 1 aliphatic heterocycles. The molecule has 0 unspecified atom stereocenters. The molecule has 0 spiro atoms. The van der Waals surface area contributed by atoms with Gasteiger partial charge in [-0.25, -0.2) is 4.68 Å². The average molecular weight is 263 g/mol. The molecule has 1 aromatic rings. The van der Waals surface area contributed by atoms with Crippen molar-refractivity contribution >= 4 is 5.91 Å². The minimum absolute atomic E-state index is 0.00503. The lowest BCUT2D eigenvalue weighted by molar-refractivity contribution is 0.0690. The highest BCUT2D eigenvalue weighted by Crippen LogP contribution is 2.22. The highest BCUT2D eigenvalue weighted by atomic mass is 16.2. The van der Waals surface area contributed by atoms with Gasteiger partial charge in [0.25, 0.3) is 5.91 Å². The lowest BCUT2D eigenvalue weighted by Gasteiger charge is -2.30. The third kappa shape index (κ3) is 2.49. The summed E-state index contributed by atoms with van der Waals surface area (Å²) in [5, 5.41) is 11.3. The second-order valence-electron chi connectivity index (χ2n) is 5.60. The number of hydrogen-bond donors (Lipinski definition) is 1. The summed E-state index contributed by atoms with van der Waals surface area (Å²) in [5.74, 6) is 0.00503. The van der Waals surface area contributed by atoms with Crippen LogP contribution in [0.3, 0.4) is 0 Å². The Morgan fingerprint density at radius 2 is 2.11 bits per heavy atom. The van der Waals surface area contributed by atoms with Crippen molar-refractivity contribution in [2.45, 2.75) is 44.2 Å². The summed E-state index contributed by atoms with van der Waals surface area (Å²) >= 11 is 0. The summed E-state index contributed by atoms with van der Waals surface area (Å²) in [6, 6.07) is 0.728. The van der Waals surface area contributed by atoms with Crippen molar-refractivity contribution in [1.82, 2.24) is 25.2 Å². The Hall–Kier alpha value is -1.43. The number of hydrogen-bond acceptors (Lipinski definition) is 4. The molecule has 2 fully saturated rings. The molecule has 0 bridgehead atoms. The number of carbonyl (C=O) groups excluding carboxylic acids is 1. The summed E-state index contributed by atoms with van der Waals surface area (Å²) in [4.78, 5) is 14.2. The Morgan fingerprint density at radius 3 is 2.74 bits per heavy atom. The van der Waals surface area contributed by atoms with Crippen molar-refractivity contribution in [2.75, 3.05) is 20.1 Å². The number of nitrogens with one attached hydrogen (secondary N) is 1. The number of amides is 1. The predicted octanol–water partition coefficient (Wildman–Crippen LogP) is 0.827. The molecule has 0 atom stereocenters. The standard InChI is InChI=1S/C13H21N5O/c1-17(10-5-3-2-4-6-10)13(19)12-9-18(16-15-12)11-7-14-8-11/h9-11,14H,2-8H2,1H3. The Balaban J connectivity index is 1.66. The average Bonchev–Trinajstić information content (AvgIpc) is 2.85. The molecule has 1 aliphatic carbocycles. The topological polar surface area (TPSA) is 63.1 Å². The largest absolute Gasteiger partial charge is 0.337 e. The van der Waals surface area contributed by atoms with Gasteiger partial charge in [0.15, 0.2) is 5.69 Å². The van der Waals surface area contributed by atoms with Crippen LogP contribution >= 0.6 is 0 Å². The molecule has 104 valence electrons. The van der Waals surface area contributed by atoms with Crippen LogP contribution < -0.4 is 5.32 Å². The van der Waals surface area contributed by atoms with Crippen LogP contribution in [0.5, 0.6) is 0 Å². The second-order valence-corrected chi connectivity index (χ2v) is 5.60. The van der Waals surface area contributed by atoms with Crippen LogP contribution in [0, 0.1) is 0 Å². The van der Waals surface area contributed by atoms with E-state index in [2.05, 4.69) is 15.6 Å². The van der Waals surface area contributed by atoms with Crippen LogP contribution in [0.25, 0.3) is 0 Å². The second kappa shape index (κ2) is 5.28. The molecule has 6 nitrogen and oxygen atoms in total. The zero-order valence-corrected chi connectivity index (χ0v) is 11.4. The summed E-state index contributed by atoms with van der Waals surface area (Å²) < 4.78 is 1.80. The van der Waals surface area contributed by atoms with Crippen LogP contribution in [0.15, 0.2) is 6.20 Å². The molecule has 3 rings (SSSR count). The third-order valence-electron chi connectivity index (χ3n) is 4.31. The van der Waals surface area contributed by atoms with Gasteiger partial charge in [-0.1, -0.05) is 24.5 Å². The van der Waals surface area contributed by atoms with E-state index in [-0.39, 0.29) is 5.91 Å². The molecular weight excluding hydrogens is 242 g/mol. The molecule has 1 saturated carbocycles. The van der Waals surface area contributed by atoms with Crippen LogP contribution in [0.1, 0.15) is 48.6 Å². The molecule has 1 aromatic heterocycles. The molecule has 2 aliphatic rings. The van der Waals surface area contributed by atoms with Gasteiger partial charge >= 0.3 is 0 Å². The maximum atomic E-state index is 12.4. The van der Waals surface area contributed by atoms with E-state index in [1.807, 2.05) is 11.9 Å². The molecule has 0 aromatic carbocycles. The number of nitrogens with zero attached hydrogens (tertiary/aromatic N) is 4. The van der Waals surface area contributed by atoms with Crippen molar-refractivity contribution in [3.63, 3.8) is 0 Å². The van der Waals surface area contributed by atoms with E-state index >= 15 is 0 Å². The molecule has 1 amide bonds. The number of carbonyl (C=O) groups is 1. The van der Waals surface area contributed by atoms with Gasteiger partial charge in [-0.3, -0.25) is 4.79 Å². The third-order valence-corrected chi connectivity index (χ3v) is 4.31. The highest BCUT2D eigenvalue weighted by Gasteiger charge is 2.26. The first-order valence-corrected chi connectivity index (χ1v) is 7.15. The molecule has 0 radical (unpaired) electrons. The zero-order chi connectivity index (χ0) is 13.2. The van der Waals surface area contributed by atoms with E-state index in [9.17, 15) is 4.79 Å². The maximum Gasteiger partial charge on any atom is 0.276 e. The van der Waals surface area contributed by atoms with Gasteiger partial charge in [0.2, 0.25) is 0 Å². The summed E-state index contributed by atoms with van der Waals surface area (Å²) in [6.45, 7) is 1.82. The Kier molecular flexibility index (Phi) is 3.50. The van der Waals surface area contributed by atoms with Gasteiger partial charge < -0.3 is 10.2 Å². The SMILES string of the molecule is CN(C(=O)c1cn(C2CNC2)nn1)C1CCCCC1. The summed E-state index contributed by atoms with van der Waals surface area (Å²) in [7, 11) is 1.89. The fraction of sp³-hybridized carbons (Fsp3) is 0.769. The first-order valence-electron chi connectivity index (χ1n) is 7.15. The van der Waals surface area contributed by atoms with Crippen molar-refractivity contribution in [2.24, 2.45) is 0 Å². The van der Waals surface area contributed by atoms with Crippen molar-refractivity contribution in [1.29, 1.82) is 0 Å². The van der Waals surface area contributed by atoms with Gasteiger partial charge in [-0.05, 0) is 12.8 Å². The molecule has 19 heavy (non-hydrogen) atoms. The summed E-state index contributed by atoms with van der Waals surface area (Å²) in [5.41, 5.74) is 0.472. The van der Waals surface area contributed by atoms with Crippen LogP contribution in [-0.4, -0.2) is 52.0 Å². The lowest BCUT2D eigenvalue weighted by Crippen LogP contribution is -2.43. The van der Waals surface area contributed by atoms with Gasteiger partial charge in [-0.2, -0.15) is 0 Å². The maximum absolute atomic E-state index is 12.4. The van der Waals surface area contributed by atoms with Gasteiger partial charge in [-0.15, -0.1) is 5.10 Å². The Labute approximate surface area is 113 Å². The minimum atomic E-state index is 0.00503. The molecule has 1 saturated heterocycles. The fourth-order valence-corrected chi connectivity index (χ4v) is 2.83. The van der Waals surface area contributed by atoms with Gasteiger partial charge in [0.05, 0.1) is 12.2 Å². The monoisotopic (exact) mass is 263 g/mol. The lowest BCUT2D eigenvalue weighted by atomic mass is 9.94. The zero-order valence-electron chi connectivity index (χ0n) is 11.4. The quantitative estimate of drug-likeness (QED) is 0.877. The summed E-state index contributed by atoms with van der Waals surface area (Å²) in [6.07, 6.45) is 7.76. The normalized spacial score (nSPS) is 21.1. The van der Waals surface area contributed by atoms with E-state index in [0.717, 1.165) is 25.9 Å². The molecular formula is C13H21N5O. The van der Waals surface area contributed by atoms with E-state index in [1.165, 1.54) is 19.3 Å². The smallest absolute Gasteiger partial charge is 0.276 e.